The summed E-state index contributed by atoms with van der Waals surface area (Å²) < 4.78 is 36.8. The Hall–Kier alpha value is -0.840. The topological polar surface area (TPSA) is 29.4 Å². The molecule has 0 radical (unpaired) electrons. The van der Waals surface area contributed by atoms with E-state index >= 15 is 0 Å². The molecule has 0 fully saturated rings. The molecule has 15 heavy (non-hydrogen) atoms. The molecule has 0 spiro atoms. The van der Waals surface area contributed by atoms with Gasteiger partial charge in [0.25, 0.3) is 0 Å². The number of hydrogen-bond acceptors (Lipinski definition) is 2. The molecule has 0 amide bonds. The van der Waals surface area contributed by atoms with Gasteiger partial charge in [0.05, 0.1) is 10.6 Å². The van der Waals surface area contributed by atoms with E-state index in [1.165, 1.54) is 6.08 Å². The van der Waals surface area contributed by atoms with Gasteiger partial charge >= 0.3 is 6.18 Å². The Morgan fingerprint density at radius 1 is 1.40 bits per heavy atom. The summed E-state index contributed by atoms with van der Waals surface area (Å²) in [6, 6.07) is 1.49. The van der Waals surface area contributed by atoms with Crippen LogP contribution in [0.25, 0.3) is 0 Å². The summed E-state index contributed by atoms with van der Waals surface area (Å²) in [7, 11) is 0. The van der Waals surface area contributed by atoms with Gasteiger partial charge in [-0.25, -0.2) is 4.79 Å². The van der Waals surface area contributed by atoms with Gasteiger partial charge in [0.2, 0.25) is 6.08 Å². The Balaban J connectivity index is 3.38. The van der Waals surface area contributed by atoms with Crippen molar-refractivity contribution in [3.05, 3.63) is 27.2 Å². The molecule has 0 N–H and O–H groups in total. The summed E-state index contributed by atoms with van der Waals surface area (Å²) in [5, 5.41) is -0.264. The zero-order valence-corrected chi connectivity index (χ0v) is 9.24. The first-order chi connectivity index (χ1) is 6.86. The van der Waals surface area contributed by atoms with E-state index in [4.69, 9.17) is 11.6 Å². The van der Waals surface area contributed by atoms with E-state index in [1.54, 1.807) is 0 Å². The maximum atomic E-state index is 12.3. The molecule has 0 atom stereocenters. The van der Waals surface area contributed by atoms with E-state index in [2.05, 4.69) is 20.9 Å². The van der Waals surface area contributed by atoms with Gasteiger partial charge in [0.15, 0.2) is 0 Å². The second kappa shape index (κ2) is 4.35. The summed E-state index contributed by atoms with van der Waals surface area (Å²) in [5.74, 6) is 0. The summed E-state index contributed by atoms with van der Waals surface area (Å²) in [6.45, 7) is 0. The van der Waals surface area contributed by atoms with Gasteiger partial charge in [-0.2, -0.15) is 18.2 Å². The molecular formula is C8H2BrClF3NO. The van der Waals surface area contributed by atoms with E-state index in [1.807, 2.05) is 0 Å². The standard InChI is InChI=1S/C8H2BrClF3NO/c9-5-1-4(8(11,12)13)2-6(10)7(5)14-3-15/h1-2H. The molecule has 0 aliphatic carbocycles. The third kappa shape index (κ3) is 2.81. The number of benzene rings is 1. The molecule has 80 valence electrons. The maximum Gasteiger partial charge on any atom is 0.416 e. The van der Waals surface area contributed by atoms with Crippen LogP contribution >= 0.6 is 27.5 Å². The first kappa shape index (κ1) is 12.2. The van der Waals surface area contributed by atoms with Crippen molar-refractivity contribution in [2.24, 2.45) is 4.99 Å². The van der Waals surface area contributed by atoms with Gasteiger partial charge in [-0.1, -0.05) is 11.6 Å². The minimum absolute atomic E-state index is 0.00863. The van der Waals surface area contributed by atoms with Crippen LogP contribution in [0.4, 0.5) is 18.9 Å². The first-order valence-electron chi connectivity index (χ1n) is 3.50. The van der Waals surface area contributed by atoms with Crippen LogP contribution in [0.1, 0.15) is 5.56 Å². The molecular weight excluding hydrogens is 298 g/mol. The number of halogens is 5. The lowest BCUT2D eigenvalue weighted by Gasteiger charge is -2.08. The van der Waals surface area contributed by atoms with Crippen LogP contribution < -0.4 is 0 Å². The molecule has 1 aromatic carbocycles. The van der Waals surface area contributed by atoms with Crippen molar-refractivity contribution in [2.45, 2.75) is 6.18 Å². The SMILES string of the molecule is O=C=Nc1c(Cl)cc(C(F)(F)F)cc1Br. The van der Waals surface area contributed by atoms with Gasteiger partial charge < -0.3 is 0 Å². The van der Waals surface area contributed by atoms with Crippen molar-refractivity contribution >= 4 is 39.3 Å². The number of nitrogens with zero attached hydrogens (tertiary/aromatic N) is 1. The fraction of sp³-hybridized carbons (Fsp3) is 0.125. The van der Waals surface area contributed by atoms with Crippen molar-refractivity contribution in [1.29, 1.82) is 0 Å². The zero-order chi connectivity index (χ0) is 11.6. The molecule has 0 aliphatic heterocycles. The number of aliphatic imine (C=N–C) groups is 1. The molecule has 1 rings (SSSR count). The normalized spacial score (nSPS) is 11.0. The monoisotopic (exact) mass is 299 g/mol. The van der Waals surface area contributed by atoms with Crippen LogP contribution in [-0.4, -0.2) is 6.08 Å². The van der Waals surface area contributed by atoms with Crippen LogP contribution in [0.3, 0.4) is 0 Å². The van der Waals surface area contributed by atoms with E-state index in [0.29, 0.717) is 6.07 Å². The lowest BCUT2D eigenvalue weighted by atomic mass is 10.2. The fourth-order valence-corrected chi connectivity index (χ4v) is 1.81. The van der Waals surface area contributed by atoms with Crippen molar-refractivity contribution < 1.29 is 18.0 Å². The highest BCUT2D eigenvalue weighted by Crippen LogP contribution is 2.39. The van der Waals surface area contributed by atoms with Crippen molar-refractivity contribution in [3.8, 4) is 0 Å². The van der Waals surface area contributed by atoms with Crippen molar-refractivity contribution in [3.63, 3.8) is 0 Å². The predicted octanol–water partition coefficient (Wildman–Crippen LogP) is 4.09. The summed E-state index contributed by atoms with van der Waals surface area (Å²) in [4.78, 5) is 13.1. The molecule has 0 unspecified atom stereocenters. The maximum absolute atomic E-state index is 12.3. The second-order valence-corrected chi connectivity index (χ2v) is 3.75. The average molecular weight is 300 g/mol. The average Bonchev–Trinajstić information content (AvgIpc) is 2.09. The van der Waals surface area contributed by atoms with Crippen LogP contribution in [-0.2, 0) is 11.0 Å². The van der Waals surface area contributed by atoms with Crippen LogP contribution in [0, 0.1) is 0 Å². The molecule has 0 saturated heterocycles. The second-order valence-electron chi connectivity index (χ2n) is 2.49. The Morgan fingerprint density at radius 2 is 2.00 bits per heavy atom. The largest absolute Gasteiger partial charge is 0.416 e. The van der Waals surface area contributed by atoms with Crippen LogP contribution in [0.15, 0.2) is 21.6 Å². The third-order valence-corrected chi connectivity index (χ3v) is 2.39. The third-order valence-electron chi connectivity index (χ3n) is 1.50. The smallest absolute Gasteiger partial charge is 0.211 e. The highest BCUT2D eigenvalue weighted by Gasteiger charge is 2.31. The van der Waals surface area contributed by atoms with Gasteiger partial charge in [-0.15, -0.1) is 0 Å². The number of hydrogen-bond donors (Lipinski definition) is 0. The molecule has 0 saturated carbocycles. The molecule has 0 aliphatic rings. The number of isocyanates is 1. The lowest BCUT2D eigenvalue weighted by molar-refractivity contribution is -0.137. The summed E-state index contributed by atoms with van der Waals surface area (Å²) in [6.07, 6.45) is -3.29. The Bertz CT molecular complexity index is 417. The van der Waals surface area contributed by atoms with Crippen LogP contribution in [0.2, 0.25) is 5.02 Å². The summed E-state index contributed by atoms with van der Waals surface area (Å²) in [5.41, 5.74) is -0.983. The van der Waals surface area contributed by atoms with Gasteiger partial charge in [-0.3, -0.25) is 0 Å². The first-order valence-corrected chi connectivity index (χ1v) is 4.67. The molecule has 7 heteroatoms. The predicted molar refractivity (Wildman–Crippen MR) is 51.9 cm³/mol. The Kier molecular flexibility index (Phi) is 3.54. The number of carbonyl (C=O) groups excluding carboxylic acids is 1. The molecule has 0 aromatic heterocycles. The van der Waals surface area contributed by atoms with E-state index in [9.17, 15) is 18.0 Å². The molecule has 0 bridgehead atoms. The van der Waals surface area contributed by atoms with Crippen molar-refractivity contribution in [1.82, 2.24) is 0 Å². The van der Waals surface area contributed by atoms with Gasteiger partial charge in [0, 0.05) is 4.47 Å². The van der Waals surface area contributed by atoms with Crippen molar-refractivity contribution in [2.75, 3.05) is 0 Å². The highest BCUT2D eigenvalue weighted by molar-refractivity contribution is 9.10. The Morgan fingerprint density at radius 3 is 2.40 bits per heavy atom. The minimum Gasteiger partial charge on any atom is -0.211 e. The zero-order valence-electron chi connectivity index (χ0n) is 6.90. The molecule has 1 aromatic rings. The fourth-order valence-electron chi connectivity index (χ4n) is 0.882. The minimum atomic E-state index is -4.49. The van der Waals surface area contributed by atoms with Gasteiger partial charge in [0.1, 0.15) is 5.69 Å². The Labute approximate surface area is 95.9 Å². The number of rotatable bonds is 1. The van der Waals surface area contributed by atoms with Gasteiger partial charge in [-0.05, 0) is 28.1 Å². The van der Waals surface area contributed by atoms with E-state index < -0.39 is 11.7 Å². The molecule has 2 nitrogen and oxygen atoms in total. The quantitative estimate of drug-likeness (QED) is 0.567. The lowest BCUT2D eigenvalue weighted by Crippen LogP contribution is -2.04. The van der Waals surface area contributed by atoms with E-state index in [0.717, 1.165) is 6.07 Å². The number of alkyl halides is 3. The van der Waals surface area contributed by atoms with Crippen LogP contribution in [0.5, 0.6) is 0 Å². The van der Waals surface area contributed by atoms with E-state index in [-0.39, 0.29) is 15.2 Å². The molecule has 0 heterocycles. The summed E-state index contributed by atoms with van der Waals surface area (Å²) >= 11 is 8.35. The highest BCUT2D eigenvalue weighted by atomic mass is 79.9.